The summed E-state index contributed by atoms with van der Waals surface area (Å²) in [6.45, 7) is 5.46. The first-order valence-corrected chi connectivity index (χ1v) is 6.67. The molecule has 2 N–H and O–H groups in total. The van der Waals surface area contributed by atoms with E-state index in [0.29, 0.717) is 17.9 Å². The minimum atomic E-state index is 0.208. The maximum absolute atomic E-state index is 5.85. The third-order valence-electron chi connectivity index (χ3n) is 3.12. The molecule has 100 valence electrons. The molecule has 1 aromatic rings. The second-order valence-corrected chi connectivity index (χ2v) is 4.72. The fourth-order valence-corrected chi connectivity index (χ4v) is 2.33. The van der Waals surface area contributed by atoms with Crippen molar-refractivity contribution in [3.8, 4) is 0 Å². The van der Waals surface area contributed by atoms with Gasteiger partial charge >= 0.3 is 0 Å². The number of rotatable bonds is 4. The summed E-state index contributed by atoms with van der Waals surface area (Å²) in [5.74, 6) is 1.03. The molecule has 1 atom stereocenters. The number of anilines is 2. The van der Waals surface area contributed by atoms with Crippen LogP contribution in [0.15, 0.2) is 0 Å². The molecule has 1 saturated heterocycles. The van der Waals surface area contributed by atoms with E-state index < -0.39 is 0 Å². The number of nitrogens with one attached hydrogen (secondary N) is 2. The van der Waals surface area contributed by atoms with Crippen LogP contribution in [-0.4, -0.2) is 52.6 Å². The Kier molecular flexibility index (Phi) is 4.54. The van der Waals surface area contributed by atoms with Crippen molar-refractivity contribution in [3.63, 3.8) is 0 Å². The number of likely N-dealkylation sites (tertiary alicyclic amines) is 1. The fraction of sp³-hybridized carbons (Fsp3) is 0.727. The lowest BCUT2D eigenvalue weighted by Crippen LogP contribution is -2.42. The summed E-state index contributed by atoms with van der Waals surface area (Å²) < 4.78 is 0. The summed E-state index contributed by atoms with van der Waals surface area (Å²) in [6.07, 6.45) is 2.33. The predicted octanol–water partition coefficient (Wildman–Crippen LogP) is 1.46. The first-order valence-electron chi connectivity index (χ1n) is 6.29. The first kappa shape index (κ1) is 13.3. The molecular weight excluding hydrogens is 252 g/mol. The van der Waals surface area contributed by atoms with Crippen molar-refractivity contribution >= 4 is 23.5 Å². The third-order valence-corrected chi connectivity index (χ3v) is 3.29. The molecule has 1 aromatic heterocycles. The van der Waals surface area contributed by atoms with Crippen molar-refractivity contribution in [3.05, 3.63) is 5.28 Å². The van der Waals surface area contributed by atoms with Crippen LogP contribution in [0.4, 0.5) is 11.9 Å². The van der Waals surface area contributed by atoms with Gasteiger partial charge in [-0.3, -0.25) is 0 Å². The van der Waals surface area contributed by atoms with Gasteiger partial charge in [0.2, 0.25) is 17.2 Å². The van der Waals surface area contributed by atoms with Crippen molar-refractivity contribution in [2.75, 3.05) is 37.3 Å². The molecule has 0 saturated carbocycles. The van der Waals surface area contributed by atoms with Gasteiger partial charge in [0.05, 0.1) is 0 Å². The largest absolute Gasteiger partial charge is 0.357 e. The van der Waals surface area contributed by atoms with Crippen LogP contribution in [0.25, 0.3) is 0 Å². The normalized spacial score (nSPS) is 20.7. The van der Waals surface area contributed by atoms with Gasteiger partial charge in [-0.25, -0.2) is 0 Å². The SMILES string of the molecule is CCN1CCCC(Nc2nc(Cl)nc(NC)n2)C1. The number of piperidine rings is 1. The minimum Gasteiger partial charge on any atom is -0.357 e. The molecule has 0 aromatic carbocycles. The van der Waals surface area contributed by atoms with Crippen molar-refractivity contribution < 1.29 is 0 Å². The van der Waals surface area contributed by atoms with E-state index in [1.165, 1.54) is 13.0 Å². The van der Waals surface area contributed by atoms with Crippen LogP contribution in [0.5, 0.6) is 0 Å². The predicted molar refractivity (Wildman–Crippen MR) is 73.1 cm³/mol. The van der Waals surface area contributed by atoms with E-state index in [2.05, 4.69) is 37.4 Å². The summed E-state index contributed by atoms with van der Waals surface area (Å²) in [5.41, 5.74) is 0. The zero-order valence-corrected chi connectivity index (χ0v) is 11.5. The Morgan fingerprint density at radius 2 is 2.11 bits per heavy atom. The number of nitrogens with zero attached hydrogens (tertiary/aromatic N) is 4. The lowest BCUT2D eigenvalue weighted by atomic mass is 10.1. The molecule has 0 bridgehead atoms. The Hall–Kier alpha value is -1.14. The van der Waals surface area contributed by atoms with E-state index in [4.69, 9.17) is 11.6 Å². The summed E-state index contributed by atoms with van der Waals surface area (Å²) in [7, 11) is 1.76. The van der Waals surface area contributed by atoms with Crippen LogP contribution in [-0.2, 0) is 0 Å². The summed E-state index contributed by atoms with van der Waals surface area (Å²) in [6, 6.07) is 0.377. The van der Waals surface area contributed by atoms with Crippen LogP contribution in [0.2, 0.25) is 5.28 Å². The van der Waals surface area contributed by atoms with Crippen molar-refractivity contribution in [2.24, 2.45) is 0 Å². The van der Waals surface area contributed by atoms with Gasteiger partial charge in [0.15, 0.2) is 0 Å². The Morgan fingerprint density at radius 3 is 2.83 bits per heavy atom. The number of aromatic nitrogens is 3. The van der Waals surface area contributed by atoms with E-state index in [1.54, 1.807) is 7.05 Å². The third kappa shape index (κ3) is 3.43. The molecule has 0 spiro atoms. The van der Waals surface area contributed by atoms with E-state index in [0.717, 1.165) is 19.5 Å². The van der Waals surface area contributed by atoms with E-state index >= 15 is 0 Å². The number of likely N-dealkylation sites (N-methyl/N-ethyl adjacent to an activating group) is 1. The highest BCUT2D eigenvalue weighted by atomic mass is 35.5. The molecule has 1 unspecified atom stereocenters. The lowest BCUT2D eigenvalue weighted by molar-refractivity contribution is 0.226. The average molecular weight is 271 g/mol. The van der Waals surface area contributed by atoms with Crippen LogP contribution in [0.3, 0.4) is 0 Å². The topological polar surface area (TPSA) is 66.0 Å². The number of hydrogen-bond donors (Lipinski definition) is 2. The van der Waals surface area contributed by atoms with E-state index in [1.807, 2.05) is 0 Å². The molecule has 18 heavy (non-hydrogen) atoms. The molecule has 2 heterocycles. The highest BCUT2D eigenvalue weighted by Gasteiger charge is 2.19. The quantitative estimate of drug-likeness (QED) is 0.864. The highest BCUT2D eigenvalue weighted by Crippen LogP contribution is 2.15. The van der Waals surface area contributed by atoms with Gasteiger partial charge in [0.1, 0.15) is 0 Å². The fourth-order valence-electron chi connectivity index (χ4n) is 2.17. The summed E-state index contributed by atoms with van der Waals surface area (Å²) in [5, 5.41) is 6.41. The molecule has 2 rings (SSSR count). The Balaban J connectivity index is 2.02. The molecule has 1 aliphatic heterocycles. The van der Waals surface area contributed by atoms with Crippen LogP contribution >= 0.6 is 11.6 Å². The van der Waals surface area contributed by atoms with Gasteiger partial charge in [-0.2, -0.15) is 15.0 Å². The molecule has 7 heteroatoms. The number of hydrogen-bond acceptors (Lipinski definition) is 6. The van der Waals surface area contributed by atoms with Gasteiger partial charge < -0.3 is 15.5 Å². The smallest absolute Gasteiger partial charge is 0.229 e. The monoisotopic (exact) mass is 270 g/mol. The van der Waals surface area contributed by atoms with Crippen LogP contribution in [0, 0.1) is 0 Å². The molecular formula is C11H19ClN6. The van der Waals surface area contributed by atoms with Crippen molar-refractivity contribution in [1.82, 2.24) is 19.9 Å². The van der Waals surface area contributed by atoms with Crippen molar-refractivity contribution in [2.45, 2.75) is 25.8 Å². The summed E-state index contributed by atoms with van der Waals surface area (Å²) >= 11 is 5.85. The van der Waals surface area contributed by atoms with Gasteiger partial charge in [0.25, 0.3) is 0 Å². The second-order valence-electron chi connectivity index (χ2n) is 4.38. The Labute approximate surface area is 112 Å². The molecule has 0 amide bonds. The van der Waals surface area contributed by atoms with Gasteiger partial charge in [-0.1, -0.05) is 6.92 Å². The molecule has 6 nitrogen and oxygen atoms in total. The Bertz CT molecular complexity index is 399. The van der Waals surface area contributed by atoms with E-state index in [9.17, 15) is 0 Å². The lowest BCUT2D eigenvalue weighted by Gasteiger charge is -2.32. The molecule has 1 aliphatic rings. The van der Waals surface area contributed by atoms with Crippen LogP contribution in [0.1, 0.15) is 19.8 Å². The average Bonchev–Trinajstić information content (AvgIpc) is 2.38. The molecule has 0 aliphatic carbocycles. The van der Waals surface area contributed by atoms with Gasteiger partial charge in [-0.15, -0.1) is 0 Å². The maximum Gasteiger partial charge on any atom is 0.229 e. The van der Waals surface area contributed by atoms with Gasteiger partial charge in [0, 0.05) is 19.6 Å². The molecule has 1 fully saturated rings. The number of halogens is 1. The maximum atomic E-state index is 5.85. The minimum absolute atomic E-state index is 0.208. The van der Waals surface area contributed by atoms with Crippen molar-refractivity contribution in [1.29, 1.82) is 0 Å². The first-order chi connectivity index (χ1) is 8.71. The zero-order valence-electron chi connectivity index (χ0n) is 10.8. The second kappa shape index (κ2) is 6.15. The standard InChI is InChI=1S/C11H19ClN6/c1-3-18-6-4-5-8(7-18)14-11-16-9(12)15-10(13-2)17-11/h8H,3-7H2,1-2H3,(H2,13,14,15,16,17). The Morgan fingerprint density at radius 1 is 1.33 bits per heavy atom. The molecule has 0 radical (unpaired) electrons. The van der Waals surface area contributed by atoms with Crippen LogP contribution < -0.4 is 10.6 Å². The highest BCUT2D eigenvalue weighted by molar-refractivity contribution is 6.28. The van der Waals surface area contributed by atoms with E-state index in [-0.39, 0.29) is 5.28 Å². The summed E-state index contributed by atoms with van der Waals surface area (Å²) in [4.78, 5) is 14.7. The zero-order chi connectivity index (χ0) is 13.0. The van der Waals surface area contributed by atoms with Gasteiger partial charge in [-0.05, 0) is 37.5 Å².